The Hall–Kier alpha value is -1.85. The standard InChI is InChI=1S/C22H30O5/c1-14(2)17-10-13-21(3,25)11-5-12-22(4)19(27-22)18(17)26-20(24)15-6-8-16(23)9-7-15/h6-10,13-14,17-19,23,25H,5,11-12H2,1-4H3/t17-,18-,19-,21+,22+/m1/s1. The molecule has 2 N–H and O–H groups in total. The number of carbonyl (C=O) groups excluding carboxylic acids is 1. The minimum Gasteiger partial charge on any atom is -0.508 e. The van der Waals surface area contributed by atoms with Crippen molar-refractivity contribution in [3.63, 3.8) is 0 Å². The van der Waals surface area contributed by atoms with Crippen LogP contribution in [0.25, 0.3) is 0 Å². The van der Waals surface area contributed by atoms with Gasteiger partial charge in [0.05, 0.1) is 16.8 Å². The van der Waals surface area contributed by atoms with Crippen molar-refractivity contribution in [2.45, 2.75) is 70.4 Å². The summed E-state index contributed by atoms with van der Waals surface area (Å²) in [7, 11) is 0. The van der Waals surface area contributed by atoms with Gasteiger partial charge in [0, 0.05) is 5.92 Å². The molecule has 5 atom stereocenters. The molecular weight excluding hydrogens is 344 g/mol. The number of phenols is 1. The molecule has 0 radical (unpaired) electrons. The molecule has 1 aliphatic heterocycles. The molecule has 0 spiro atoms. The maximum Gasteiger partial charge on any atom is 0.338 e. The molecule has 1 aromatic rings. The molecule has 0 amide bonds. The number of epoxide rings is 1. The predicted octanol–water partition coefficient (Wildman–Crippen LogP) is 3.84. The molecule has 148 valence electrons. The highest BCUT2D eigenvalue weighted by Crippen LogP contribution is 2.47. The summed E-state index contributed by atoms with van der Waals surface area (Å²) in [5.41, 5.74) is -0.809. The number of hydrogen-bond donors (Lipinski definition) is 2. The second kappa shape index (κ2) is 7.28. The molecule has 5 nitrogen and oxygen atoms in total. The van der Waals surface area contributed by atoms with Crippen LogP contribution in [0.2, 0.25) is 0 Å². The van der Waals surface area contributed by atoms with E-state index in [1.165, 1.54) is 12.1 Å². The first kappa shape index (κ1) is 19.9. The lowest BCUT2D eigenvalue weighted by Gasteiger charge is -2.30. The normalized spacial score (nSPS) is 36.1. The Morgan fingerprint density at radius 3 is 2.52 bits per heavy atom. The Bertz CT molecular complexity index is 706. The number of carbonyl (C=O) groups is 1. The lowest BCUT2D eigenvalue weighted by molar-refractivity contribution is 0.00418. The minimum atomic E-state index is -0.878. The molecule has 1 aliphatic carbocycles. The number of fused-ring (bicyclic) bond motifs is 1. The number of aliphatic hydroxyl groups is 1. The summed E-state index contributed by atoms with van der Waals surface area (Å²) in [5.74, 6) is -0.181. The summed E-state index contributed by atoms with van der Waals surface area (Å²) in [5, 5.41) is 20.0. The third-order valence-electron chi connectivity index (χ3n) is 5.77. The van der Waals surface area contributed by atoms with Crippen LogP contribution in [-0.4, -0.2) is 39.6 Å². The molecule has 1 fully saturated rings. The topological polar surface area (TPSA) is 79.3 Å². The number of rotatable bonds is 3. The summed E-state index contributed by atoms with van der Waals surface area (Å²) in [4.78, 5) is 12.7. The van der Waals surface area contributed by atoms with E-state index >= 15 is 0 Å². The van der Waals surface area contributed by atoms with Crippen molar-refractivity contribution >= 4 is 5.97 Å². The second-order valence-electron chi connectivity index (χ2n) is 8.66. The molecule has 1 aromatic carbocycles. The minimum absolute atomic E-state index is 0.0672. The van der Waals surface area contributed by atoms with Crippen molar-refractivity contribution in [2.75, 3.05) is 0 Å². The predicted molar refractivity (Wildman–Crippen MR) is 103 cm³/mol. The number of benzene rings is 1. The average molecular weight is 374 g/mol. The van der Waals surface area contributed by atoms with Gasteiger partial charge in [-0.2, -0.15) is 0 Å². The number of hydrogen-bond acceptors (Lipinski definition) is 5. The van der Waals surface area contributed by atoms with Crippen LogP contribution in [0.1, 0.15) is 57.3 Å². The van der Waals surface area contributed by atoms with Crippen LogP contribution in [0.15, 0.2) is 36.4 Å². The summed E-state index contributed by atoms with van der Waals surface area (Å²) < 4.78 is 12.0. The third-order valence-corrected chi connectivity index (χ3v) is 5.77. The smallest absolute Gasteiger partial charge is 0.338 e. The van der Waals surface area contributed by atoms with Gasteiger partial charge < -0.3 is 19.7 Å². The number of esters is 1. The second-order valence-corrected chi connectivity index (χ2v) is 8.66. The highest BCUT2D eigenvalue weighted by Gasteiger charge is 2.59. The van der Waals surface area contributed by atoms with Crippen LogP contribution in [0, 0.1) is 11.8 Å². The van der Waals surface area contributed by atoms with Crippen LogP contribution < -0.4 is 0 Å². The maximum absolute atomic E-state index is 12.7. The van der Waals surface area contributed by atoms with Crippen molar-refractivity contribution in [2.24, 2.45) is 11.8 Å². The first-order valence-corrected chi connectivity index (χ1v) is 9.71. The van der Waals surface area contributed by atoms with E-state index in [0.29, 0.717) is 12.0 Å². The van der Waals surface area contributed by atoms with Crippen LogP contribution in [-0.2, 0) is 9.47 Å². The first-order chi connectivity index (χ1) is 12.6. The van der Waals surface area contributed by atoms with E-state index in [0.717, 1.165) is 12.8 Å². The summed E-state index contributed by atoms with van der Waals surface area (Å²) >= 11 is 0. The maximum atomic E-state index is 12.7. The Kier molecular flexibility index (Phi) is 5.37. The molecule has 0 aromatic heterocycles. The molecule has 1 heterocycles. The highest BCUT2D eigenvalue weighted by molar-refractivity contribution is 5.89. The molecule has 27 heavy (non-hydrogen) atoms. The zero-order valence-electron chi connectivity index (χ0n) is 16.5. The molecule has 0 bridgehead atoms. The van der Waals surface area contributed by atoms with Crippen molar-refractivity contribution in [1.29, 1.82) is 0 Å². The molecule has 1 saturated heterocycles. The van der Waals surface area contributed by atoms with Crippen LogP contribution in [0.5, 0.6) is 5.75 Å². The van der Waals surface area contributed by atoms with E-state index in [2.05, 4.69) is 20.8 Å². The molecule has 0 saturated carbocycles. The first-order valence-electron chi connectivity index (χ1n) is 9.71. The lowest BCUT2D eigenvalue weighted by Crippen LogP contribution is -2.38. The van der Waals surface area contributed by atoms with Gasteiger partial charge in [0.25, 0.3) is 0 Å². The average Bonchev–Trinajstić information content (AvgIpc) is 3.24. The van der Waals surface area contributed by atoms with E-state index in [-0.39, 0.29) is 29.3 Å². The highest BCUT2D eigenvalue weighted by atomic mass is 16.6. The fourth-order valence-corrected chi connectivity index (χ4v) is 3.91. The van der Waals surface area contributed by atoms with Gasteiger partial charge in [0.15, 0.2) is 0 Å². The van der Waals surface area contributed by atoms with Crippen molar-refractivity contribution in [3.05, 3.63) is 42.0 Å². The monoisotopic (exact) mass is 374 g/mol. The molecule has 2 aliphatic rings. The Labute approximate surface area is 161 Å². The summed E-state index contributed by atoms with van der Waals surface area (Å²) in [6, 6.07) is 6.04. The van der Waals surface area contributed by atoms with E-state index in [4.69, 9.17) is 9.47 Å². The van der Waals surface area contributed by atoms with Gasteiger partial charge in [-0.05, 0) is 63.3 Å². The Morgan fingerprint density at radius 1 is 1.22 bits per heavy atom. The fraction of sp³-hybridized carbons (Fsp3) is 0.591. The molecule has 5 heteroatoms. The Balaban J connectivity index is 1.88. The largest absolute Gasteiger partial charge is 0.508 e. The van der Waals surface area contributed by atoms with Crippen molar-refractivity contribution in [1.82, 2.24) is 0 Å². The van der Waals surface area contributed by atoms with Gasteiger partial charge in [-0.3, -0.25) is 0 Å². The number of phenolic OH excluding ortho intramolecular Hbond substituents is 1. The van der Waals surface area contributed by atoms with E-state index in [1.54, 1.807) is 12.1 Å². The summed E-state index contributed by atoms with van der Waals surface area (Å²) in [6.45, 7) is 8.03. The van der Waals surface area contributed by atoms with Gasteiger partial charge in [-0.1, -0.05) is 26.0 Å². The van der Waals surface area contributed by atoms with Crippen LogP contribution in [0.4, 0.5) is 0 Å². The Morgan fingerprint density at radius 2 is 1.89 bits per heavy atom. The molecule has 0 unspecified atom stereocenters. The number of aromatic hydroxyl groups is 1. The van der Waals surface area contributed by atoms with Crippen molar-refractivity contribution in [3.8, 4) is 5.75 Å². The molecule has 3 rings (SSSR count). The fourth-order valence-electron chi connectivity index (χ4n) is 3.91. The van der Waals surface area contributed by atoms with E-state index < -0.39 is 17.7 Å². The van der Waals surface area contributed by atoms with E-state index in [9.17, 15) is 15.0 Å². The van der Waals surface area contributed by atoms with Gasteiger partial charge in [0.2, 0.25) is 0 Å². The van der Waals surface area contributed by atoms with Crippen molar-refractivity contribution < 1.29 is 24.5 Å². The molecular formula is C22H30O5. The summed E-state index contributed by atoms with van der Waals surface area (Å²) in [6.07, 6.45) is 5.57. The SMILES string of the molecule is CC(C)[C@H]1C=C[C@@](C)(O)CCC[C@]2(C)O[C@@H]2[C@@H]1OC(=O)c1ccc(O)cc1. The van der Waals surface area contributed by atoms with Gasteiger partial charge in [-0.25, -0.2) is 4.79 Å². The lowest BCUT2D eigenvalue weighted by atomic mass is 9.81. The van der Waals surface area contributed by atoms with Crippen LogP contribution in [0.3, 0.4) is 0 Å². The third kappa shape index (κ3) is 4.53. The van der Waals surface area contributed by atoms with Crippen LogP contribution >= 0.6 is 0 Å². The van der Waals surface area contributed by atoms with Gasteiger partial charge in [0.1, 0.15) is 18.0 Å². The zero-order chi connectivity index (χ0) is 19.8. The van der Waals surface area contributed by atoms with Gasteiger partial charge >= 0.3 is 5.97 Å². The number of ether oxygens (including phenoxy) is 2. The zero-order valence-corrected chi connectivity index (χ0v) is 16.5. The van der Waals surface area contributed by atoms with E-state index in [1.807, 2.05) is 19.1 Å². The van der Waals surface area contributed by atoms with Gasteiger partial charge in [-0.15, -0.1) is 0 Å². The quantitative estimate of drug-likeness (QED) is 0.477.